The molecule has 0 unspecified atom stereocenters. The molecular formula is C47H68ClN5O17. The van der Waals surface area contributed by atoms with E-state index in [2.05, 4.69) is 22.3 Å². The van der Waals surface area contributed by atoms with Gasteiger partial charge >= 0.3 is 30.0 Å². The van der Waals surface area contributed by atoms with E-state index in [4.69, 9.17) is 55.3 Å². The van der Waals surface area contributed by atoms with Gasteiger partial charge in [-0.05, 0) is 37.5 Å². The molecule has 6 rings (SSSR count). The van der Waals surface area contributed by atoms with Crippen LogP contribution in [0.15, 0.2) is 91.0 Å². The predicted octanol–water partition coefficient (Wildman–Crippen LogP) is 1.12. The predicted molar refractivity (Wildman–Crippen MR) is 255 cm³/mol. The minimum atomic E-state index is -1.18. The monoisotopic (exact) mass is 1010 g/mol. The van der Waals surface area contributed by atoms with Crippen LogP contribution in [0.25, 0.3) is 0 Å². The van der Waals surface area contributed by atoms with Crippen LogP contribution in [0.4, 0.5) is 4.79 Å². The molecule has 3 fully saturated rings. The molecule has 0 aromatic heterocycles. The summed E-state index contributed by atoms with van der Waals surface area (Å²) < 4.78 is 20.4. The number of morpholine rings is 3. The van der Waals surface area contributed by atoms with Gasteiger partial charge in [0, 0.05) is 32.7 Å². The number of nitrogens with one attached hydrogen (secondary N) is 1. The Morgan fingerprint density at radius 2 is 1.20 bits per heavy atom. The van der Waals surface area contributed by atoms with Crippen LogP contribution in [0.2, 0.25) is 0 Å². The fourth-order valence-corrected chi connectivity index (χ4v) is 6.16. The Balaban J connectivity index is 0.000000445. The van der Waals surface area contributed by atoms with Gasteiger partial charge in [-0.3, -0.25) is 29.5 Å². The molecule has 3 aliphatic heterocycles. The molecule has 0 spiro atoms. The van der Waals surface area contributed by atoms with Gasteiger partial charge in [0.25, 0.3) is 0 Å². The second kappa shape index (κ2) is 33.7. The highest BCUT2D eigenvalue weighted by Gasteiger charge is 2.36. The van der Waals surface area contributed by atoms with Crippen molar-refractivity contribution in [2.75, 3.05) is 72.6 Å². The number of nitrogens with zero attached hydrogens (tertiary/aromatic N) is 3. The molecule has 3 aromatic rings. The van der Waals surface area contributed by atoms with E-state index in [1.54, 1.807) is 20.8 Å². The third-order valence-corrected chi connectivity index (χ3v) is 9.90. The van der Waals surface area contributed by atoms with Crippen LogP contribution >= 0.6 is 12.4 Å². The molecule has 23 heteroatoms. The zero-order chi connectivity index (χ0) is 51.4. The molecule has 2 amide bonds. The lowest BCUT2D eigenvalue weighted by Crippen LogP contribution is -2.53. The molecule has 390 valence electrons. The number of nitrogens with two attached hydrogens (primary N) is 1. The Morgan fingerprint density at radius 1 is 0.700 bits per heavy atom. The van der Waals surface area contributed by atoms with Crippen molar-refractivity contribution in [3.63, 3.8) is 0 Å². The number of aliphatic carboxylic acids is 4. The highest BCUT2D eigenvalue weighted by atomic mass is 35.5. The molecular weight excluding hydrogens is 942 g/mol. The number of hydrogen-bond donors (Lipinski definition) is 9. The summed E-state index contributed by atoms with van der Waals surface area (Å²) in [7, 11) is 0. The van der Waals surface area contributed by atoms with E-state index >= 15 is 0 Å². The van der Waals surface area contributed by atoms with Crippen molar-refractivity contribution >= 4 is 48.3 Å². The molecule has 22 nitrogen and oxygen atoms in total. The van der Waals surface area contributed by atoms with E-state index in [1.807, 2.05) is 78.9 Å². The first-order valence-electron chi connectivity index (χ1n) is 21.9. The van der Waals surface area contributed by atoms with Crippen molar-refractivity contribution in [3.05, 3.63) is 108 Å². The van der Waals surface area contributed by atoms with Gasteiger partial charge in [0.2, 0.25) is 5.91 Å². The lowest BCUT2D eigenvalue weighted by Gasteiger charge is -2.34. The van der Waals surface area contributed by atoms with E-state index in [1.165, 1.54) is 15.4 Å². The van der Waals surface area contributed by atoms with Gasteiger partial charge in [0.15, 0.2) is 12.1 Å². The van der Waals surface area contributed by atoms with Gasteiger partial charge in [-0.25, -0.2) is 14.4 Å². The number of amides is 2. The fourth-order valence-electron chi connectivity index (χ4n) is 6.16. The quantitative estimate of drug-likeness (QED) is 0.109. The van der Waals surface area contributed by atoms with Crippen molar-refractivity contribution in [3.8, 4) is 0 Å². The molecule has 3 saturated heterocycles. The zero-order valence-corrected chi connectivity index (χ0v) is 40.3. The average Bonchev–Trinajstić information content (AvgIpc) is 3.33. The van der Waals surface area contributed by atoms with Gasteiger partial charge in [0.1, 0.15) is 24.3 Å². The maximum Gasteiger partial charge on any atom is 0.411 e. The van der Waals surface area contributed by atoms with Crippen LogP contribution in [0.1, 0.15) is 37.5 Å². The molecule has 70 heavy (non-hydrogen) atoms. The second-order valence-corrected chi connectivity index (χ2v) is 16.4. The fraction of sp³-hybridized carbons (Fsp3) is 0.489. The zero-order valence-electron chi connectivity index (χ0n) is 39.5. The van der Waals surface area contributed by atoms with E-state index < -0.39 is 73.0 Å². The lowest BCUT2D eigenvalue weighted by molar-refractivity contribution is -0.163. The van der Waals surface area contributed by atoms with Crippen LogP contribution in [-0.4, -0.2) is 195 Å². The summed E-state index contributed by atoms with van der Waals surface area (Å²) in [6.45, 7) is 9.03. The number of carbonyl (C=O) groups is 6. The number of halogens is 1. The number of rotatable bonds is 14. The standard InChI is InChI=1S/C12H13NO4.C12H17NO2.C10H17NO5.C10H13NO3.C3H7NO3.ClH/c14-11-8-17-7-10(12(15)16)13(11)6-9-4-2-1-3-5-9;14-9-12-10-15-7-6-13(12)8-11-4-2-1-3-5-11;1-10(2,3)16-9(14)11-4-5-15-6-7(11)8(12)13;12-7-9(10(13)14)11-6-8-4-2-1-3-5-8;4-2(1-5)3(6)7;/h1-5,10H,6-8H2,(H,15,16);1-5,12,14H,6-10H2;7H,4-6H2,1-3H3,(H,12,13);1-5,9,11-12H,6-7H2,(H,13,14);2,5H,1,4H2,(H,6,7);1H/t10-;12-;7-;9-;2-;/m01000./s1. The van der Waals surface area contributed by atoms with Crippen molar-refractivity contribution in [2.45, 2.75) is 76.2 Å². The third kappa shape index (κ3) is 24.2. The molecule has 0 radical (unpaired) electrons. The van der Waals surface area contributed by atoms with Crippen molar-refractivity contribution < 1.29 is 83.5 Å². The average molecular weight is 1010 g/mol. The number of aliphatic hydroxyl groups is 3. The van der Waals surface area contributed by atoms with E-state index in [0.29, 0.717) is 26.3 Å². The van der Waals surface area contributed by atoms with Gasteiger partial charge in [-0.1, -0.05) is 91.0 Å². The summed E-state index contributed by atoms with van der Waals surface area (Å²) in [6, 6.07) is 25.4. The molecule has 0 aliphatic carbocycles. The van der Waals surface area contributed by atoms with Crippen LogP contribution in [-0.2, 0) is 62.6 Å². The lowest BCUT2D eigenvalue weighted by atomic mass is 10.1. The van der Waals surface area contributed by atoms with Crippen LogP contribution in [0.3, 0.4) is 0 Å². The number of ether oxygens (including phenoxy) is 4. The highest BCUT2D eigenvalue weighted by Crippen LogP contribution is 2.16. The van der Waals surface area contributed by atoms with Gasteiger partial charge in [-0.2, -0.15) is 0 Å². The molecule has 3 heterocycles. The number of benzene rings is 3. The first-order valence-corrected chi connectivity index (χ1v) is 21.9. The van der Waals surface area contributed by atoms with Crippen LogP contribution in [0, 0.1) is 0 Å². The Kier molecular flexibility index (Phi) is 29.9. The second-order valence-electron chi connectivity index (χ2n) is 16.4. The topological polar surface area (TPSA) is 329 Å². The largest absolute Gasteiger partial charge is 0.480 e. The van der Waals surface area contributed by atoms with E-state index in [9.17, 15) is 33.9 Å². The first kappa shape index (κ1) is 62.2. The van der Waals surface area contributed by atoms with Crippen LogP contribution in [0.5, 0.6) is 0 Å². The Morgan fingerprint density at radius 3 is 1.66 bits per heavy atom. The molecule has 5 atom stereocenters. The summed E-state index contributed by atoms with van der Waals surface area (Å²) in [5.74, 6) is -4.61. The molecule has 10 N–H and O–H groups in total. The molecule has 0 saturated carbocycles. The molecule has 0 bridgehead atoms. The Bertz CT molecular complexity index is 1990. The SMILES string of the molecule is CC(C)(C)OC(=O)N1CCOC[C@H]1C(=O)O.Cl.N[C@@H](CO)C(=O)O.O=C(O)[C@@H]1COCC(=O)N1Cc1ccccc1.O=C(O)[C@H](CO)NCc1ccccc1.OC[C@@H]1COCCN1Cc1ccccc1. The maximum absolute atomic E-state index is 11.7. The smallest absolute Gasteiger partial charge is 0.411 e. The number of carboxylic acid groups (broad SMARTS) is 4. The first-order chi connectivity index (χ1) is 32.8. The Hall–Kier alpha value is -5.79. The molecule has 3 aromatic carbocycles. The number of carbonyl (C=O) groups excluding carboxylic acids is 2. The van der Waals surface area contributed by atoms with Gasteiger partial charge in [-0.15, -0.1) is 12.4 Å². The van der Waals surface area contributed by atoms with E-state index in [0.717, 1.165) is 30.8 Å². The van der Waals surface area contributed by atoms with Crippen LogP contribution < -0.4 is 11.1 Å². The summed E-state index contributed by atoms with van der Waals surface area (Å²) in [6.07, 6.45) is -0.608. The summed E-state index contributed by atoms with van der Waals surface area (Å²) >= 11 is 0. The minimum absolute atomic E-state index is 0. The minimum Gasteiger partial charge on any atom is -0.480 e. The Labute approximate surface area is 412 Å². The van der Waals surface area contributed by atoms with E-state index in [-0.39, 0.29) is 57.3 Å². The maximum atomic E-state index is 11.7. The summed E-state index contributed by atoms with van der Waals surface area (Å²) in [5, 5.41) is 63.2. The van der Waals surface area contributed by atoms with Crippen molar-refractivity contribution in [1.29, 1.82) is 0 Å². The van der Waals surface area contributed by atoms with Crippen molar-refractivity contribution in [1.82, 2.24) is 20.0 Å². The highest BCUT2D eigenvalue weighted by molar-refractivity contribution is 5.86. The summed E-state index contributed by atoms with van der Waals surface area (Å²) in [4.78, 5) is 70.3. The number of hydrogen-bond acceptors (Lipinski definition) is 16. The number of aliphatic hydroxyl groups excluding tert-OH is 3. The summed E-state index contributed by atoms with van der Waals surface area (Å²) in [5.41, 5.74) is 7.33. The van der Waals surface area contributed by atoms with Gasteiger partial charge in [0.05, 0.1) is 58.9 Å². The normalized spacial score (nSPS) is 18.6. The number of carboxylic acids is 4. The van der Waals surface area contributed by atoms with Gasteiger partial charge < -0.3 is 65.3 Å². The third-order valence-electron chi connectivity index (χ3n) is 9.90. The molecule has 3 aliphatic rings. The van der Waals surface area contributed by atoms with Crippen molar-refractivity contribution in [2.24, 2.45) is 5.73 Å².